The number of carboxylic acids is 1. The molecule has 1 unspecified atom stereocenters. The lowest BCUT2D eigenvalue weighted by Crippen LogP contribution is -2.66. The standard InChI is InChI=1S/C14H26N2O4/c1-5-11(6-2)15-13(19)10(3)16-8-14(4,9-16)20-7-12(17)18/h10-11H,5-9H2,1-4H3,(H,15,19)(H,17,18). The molecule has 6 heteroatoms. The minimum Gasteiger partial charge on any atom is -0.480 e. The fourth-order valence-corrected chi connectivity index (χ4v) is 2.39. The molecule has 0 aromatic rings. The van der Waals surface area contributed by atoms with Crippen molar-refractivity contribution in [2.45, 2.75) is 58.2 Å². The monoisotopic (exact) mass is 286 g/mol. The van der Waals surface area contributed by atoms with Gasteiger partial charge in [-0.15, -0.1) is 0 Å². The van der Waals surface area contributed by atoms with Crippen LogP contribution >= 0.6 is 0 Å². The highest BCUT2D eigenvalue weighted by Gasteiger charge is 2.43. The molecule has 0 saturated carbocycles. The maximum absolute atomic E-state index is 12.1. The van der Waals surface area contributed by atoms with E-state index in [4.69, 9.17) is 9.84 Å². The Bertz CT molecular complexity index is 349. The first-order valence-corrected chi connectivity index (χ1v) is 7.21. The molecule has 1 aliphatic heterocycles. The van der Waals surface area contributed by atoms with Crippen molar-refractivity contribution in [1.29, 1.82) is 0 Å². The van der Waals surface area contributed by atoms with E-state index in [2.05, 4.69) is 19.2 Å². The Morgan fingerprint density at radius 1 is 1.35 bits per heavy atom. The Morgan fingerprint density at radius 3 is 2.35 bits per heavy atom. The second-order valence-electron chi connectivity index (χ2n) is 5.74. The number of carboxylic acid groups (broad SMARTS) is 1. The topological polar surface area (TPSA) is 78.9 Å². The van der Waals surface area contributed by atoms with Gasteiger partial charge in [-0.25, -0.2) is 4.79 Å². The van der Waals surface area contributed by atoms with Gasteiger partial charge in [0.25, 0.3) is 0 Å². The third-order valence-corrected chi connectivity index (χ3v) is 3.88. The summed E-state index contributed by atoms with van der Waals surface area (Å²) in [5.74, 6) is -0.941. The van der Waals surface area contributed by atoms with Crippen LogP contribution < -0.4 is 5.32 Å². The SMILES string of the molecule is CCC(CC)NC(=O)C(C)N1CC(C)(OCC(=O)O)C1. The average Bonchev–Trinajstić information content (AvgIpc) is 2.38. The van der Waals surface area contributed by atoms with E-state index in [0.29, 0.717) is 13.1 Å². The second-order valence-corrected chi connectivity index (χ2v) is 5.74. The number of nitrogens with one attached hydrogen (secondary N) is 1. The quantitative estimate of drug-likeness (QED) is 0.692. The number of carbonyl (C=O) groups is 2. The maximum atomic E-state index is 12.1. The number of nitrogens with zero attached hydrogens (tertiary/aromatic N) is 1. The van der Waals surface area contributed by atoms with Crippen LogP contribution in [0.25, 0.3) is 0 Å². The first-order chi connectivity index (χ1) is 9.31. The summed E-state index contributed by atoms with van der Waals surface area (Å²) in [4.78, 5) is 24.6. The lowest BCUT2D eigenvalue weighted by molar-refractivity contribution is -0.171. The zero-order chi connectivity index (χ0) is 15.3. The summed E-state index contributed by atoms with van der Waals surface area (Å²) in [7, 11) is 0. The van der Waals surface area contributed by atoms with Crippen molar-refractivity contribution >= 4 is 11.9 Å². The molecule has 0 radical (unpaired) electrons. The van der Waals surface area contributed by atoms with Crippen molar-refractivity contribution in [3.05, 3.63) is 0 Å². The van der Waals surface area contributed by atoms with Crippen LogP contribution in [0.15, 0.2) is 0 Å². The van der Waals surface area contributed by atoms with Crippen molar-refractivity contribution in [2.75, 3.05) is 19.7 Å². The molecule has 1 rings (SSSR count). The van der Waals surface area contributed by atoms with Crippen LogP contribution in [0, 0.1) is 0 Å². The summed E-state index contributed by atoms with van der Waals surface area (Å²) in [5.41, 5.74) is -0.457. The molecular weight excluding hydrogens is 260 g/mol. The van der Waals surface area contributed by atoms with Gasteiger partial charge in [0.15, 0.2) is 0 Å². The highest BCUT2D eigenvalue weighted by atomic mass is 16.5. The summed E-state index contributed by atoms with van der Waals surface area (Å²) in [5, 5.41) is 11.6. The minimum atomic E-state index is -0.968. The molecular formula is C14H26N2O4. The summed E-state index contributed by atoms with van der Waals surface area (Å²) >= 11 is 0. The van der Waals surface area contributed by atoms with Gasteiger partial charge in [-0.3, -0.25) is 9.69 Å². The molecule has 1 saturated heterocycles. The first-order valence-electron chi connectivity index (χ1n) is 7.21. The van der Waals surface area contributed by atoms with Crippen molar-refractivity contribution in [3.8, 4) is 0 Å². The normalized spacial score (nSPS) is 19.4. The predicted molar refractivity (Wildman–Crippen MR) is 75.5 cm³/mol. The number of rotatable bonds is 8. The van der Waals surface area contributed by atoms with Gasteiger partial charge in [0, 0.05) is 19.1 Å². The highest BCUT2D eigenvalue weighted by molar-refractivity contribution is 5.81. The lowest BCUT2D eigenvalue weighted by Gasteiger charge is -2.49. The summed E-state index contributed by atoms with van der Waals surface area (Å²) in [6.45, 7) is 8.72. The third kappa shape index (κ3) is 4.45. The van der Waals surface area contributed by atoms with Gasteiger partial charge in [-0.1, -0.05) is 13.8 Å². The van der Waals surface area contributed by atoms with Crippen LogP contribution in [-0.4, -0.2) is 59.3 Å². The fourth-order valence-electron chi connectivity index (χ4n) is 2.39. The van der Waals surface area contributed by atoms with Gasteiger partial charge < -0.3 is 15.2 Å². The number of amides is 1. The molecule has 1 heterocycles. The van der Waals surface area contributed by atoms with E-state index in [9.17, 15) is 9.59 Å². The zero-order valence-corrected chi connectivity index (χ0v) is 12.8. The molecule has 0 aromatic heterocycles. The van der Waals surface area contributed by atoms with Crippen molar-refractivity contribution in [2.24, 2.45) is 0 Å². The van der Waals surface area contributed by atoms with E-state index in [1.54, 1.807) is 0 Å². The molecule has 116 valence electrons. The molecule has 1 atom stereocenters. The third-order valence-electron chi connectivity index (χ3n) is 3.88. The number of aliphatic carboxylic acids is 1. The Balaban J connectivity index is 2.38. The van der Waals surface area contributed by atoms with Gasteiger partial charge in [-0.2, -0.15) is 0 Å². The Morgan fingerprint density at radius 2 is 1.90 bits per heavy atom. The molecule has 0 aromatic carbocycles. The molecule has 1 aliphatic rings. The molecule has 0 spiro atoms. The van der Waals surface area contributed by atoms with Gasteiger partial charge in [0.05, 0.1) is 11.6 Å². The summed E-state index contributed by atoms with van der Waals surface area (Å²) in [6.07, 6.45) is 1.85. The van der Waals surface area contributed by atoms with Crippen LogP contribution in [0.3, 0.4) is 0 Å². The van der Waals surface area contributed by atoms with Gasteiger partial charge in [0.1, 0.15) is 6.61 Å². The van der Waals surface area contributed by atoms with Crippen LogP contribution in [0.2, 0.25) is 0 Å². The molecule has 0 aliphatic carbocycles. The number of hydrogen-bond acceptors (Lipinski definition) is 4. The Labute approximate surface area is 120 Å². The van der Waals surface area contributed by atoms with E-state index in [1.807, 2.05) is 18.7 Å². The van der Waals surface area contributed by atoms with Gasteiger partial charge in [0.2, 0.25) is 5.91 Å². The molecule has 2 N–H and O–H groups in total. The van der Waals surface area contributed by atoms with Crippen LogP contribution in [0.1, 0.15) is 40.5 Å². The van der Waals surface area contributed by atoms with Gasteiger partial charge >= 0.3 is 5.97 Å². The van der Waals surface area contributed by atoms with E-state index in [0.717, 1.165) is 12.8 Å². The molecule has 1 fully saturated rings. The smallest absolute Gasteiger partial charge is 0.329 e. The fraction of sp³-hybridized carbons (Fsp3) is 0.857. The molecule has 0 bridgehead atoms. The van der Waals surface area contributed by atoms with Crippen molar-refractivity contribution in [1.82, 2.24) is 10.2 Å². The summed E-state index contributed by atoms with van der Waals surface area (Å²) in [6, 6.07) is 0.0120. The zero-order valence-electron chi connectivity index (χ0n) is 12.8. The van der Waals surface area contributed by atoms with Crippen LogP contribution in [0.4, 0.5) is 0 Å². The summed E-state index contributed by atoms with van der Waals surface area (Å²) < 4.78 is 5.34. The molecule has 20 heavy (non-hydrogen) atoms. The predicted octanol–water partition coefficient (Wildman–Crippen LogP) is 0.855. The van der Waals surface area contributed by atoms with Crippen molar-refractivity contribution in [3.63, 3.8) is 0 Å². The van der Waals surface area contributed by atoms with E-state index < -0.39 is 11.6 Å². The molecule has 1 amide bonds. The average molecular weight is 286 g/mol. The van der Waals surface area contributed by atoms with E-state index in [1.165, 1.54) is 0 Å². The number of carbonyl (C=O) groups excluding carboxylic acids is 1. The highest BCUT2D eigenvalue weighted by Crippen LogP contribution is 2.26. The Hall–Kier alpha value is -1.14. The first kappa shape index (κ1) is 16.9. The number of likely N-dealkylation sites (tertiary alicyclic amines) is 1. The lowest BCUT2D eigenvalue weighted by atomic mass is 9.94. The maximum Gasteiger partial charge on any atom is 0.329 e. The number of ether oxygens (including phenoxy) is 1. The van der Waals surface area contributed by atoms with Gasteiger partial charge in [-0.05, 0) is 26.7 Å². The van der Waals surface area contributed by atoms with E-state index in [-0.39, 0.29) is 24.6 Å². The molecule has 6 nitrogen and oxygen atoms in total. The minimum absolute atomic E-state index is 0.0268. The Kier molecular flexibility index (Phi) is 5.95. The van der Waals surface area contributed by atoms with Crippen LogP contribution in [0.5, 0.6) is 0 Å². The largest absolute Gasteiger partial charge is 0.480 e. The van der Waals surface area contributed by atoms with E-state index >= 15 is 0 Å². The van der Waals surface area contributed by atoms with Crippen molar-refractivity contribution < 1.29 is 19.4 Å². The second kappa shape index (κ2) is 7.04. The number of hydrogen-bond donors (Lipinski definition) is 2. The van der Waals surface area contributed by atoms with Crippen LogP contribution in [-0.2, 0) is 14.3 Å².